The van der Waals surface area contributed by atoms with E-state index in [4.69, 9.17) is 4.98 Å². The van der Waals surface area contributed by atoms with Gasteiger partial charge in [0.2, 0.25) is 0 Å². The van der Waals surface area contributed by atoms with E-state index in [1.807, 2.05) is 0 Å². The third-order valence-electron chi connectivity index (χ3n) is 4.21. The summed E-state index contributed by atoms with van der Waals surface area (Å²) in [6.07, 6.45) is 3.40. The third kappa shape index (κ3) is 2.78. The van der Waals surface area contributed by atoms with Gasteiger partial charge >= 0.3 is 0 Å². The number of benzene rings is 1. The normalized spacial score (nSPS) is 18.6. The van der Waals surface area contributed by atoms with E-state index in [0.717, 1.165) is 43.4 Å². The van der Waals surface area contributed by atoms with Crippen LogP contribution in [0.3, 0.4) is 0 Å². The Morgan fingerprint density at radius 3 is 2.70 bits per heavy atom. The van der Waals surface area contributed by atoms with E-state index >= 15 is 0 Å². The summed E-state index contributed by atoms with van der Waals surface area (Å²) >= 11 is 0. The lowest BCUT2D eigenvalue weighted by Gasteiger charge is -2.04. The van der Waals surface area contributed by atoms with Crippen molar-refractivity contribution < 1.29 is 0 Å². The van der Waals surface area contributed by atoms with Crippen LogP contribution in [-0.4, -0.2) is 23.1 Å². The van der Waals surface area contributed by atoms with E-state index in [0.29, 0.717) is 0 Å². The lowest BCUT2D eigenvalue weighted by Crippen LogP contribution is -2.11. The number of hydrogen-bond acceptors (Lipinski definition) is 2. The van der Waals surface area contributed by atoms with Gasteiger partial charge in [-0.1, -0.05) is 31.2 Å². The second-order valence-corrected chi connectivity index (χ2v) is 5.77. The van der Waals surface area contributed by atoms with Crippen LogP contribution < -0.4 is 5.32 Å². The molecule has 0 aliphatic carbocycles. The fraction of sp³-hybridized carbons (Fsp3) is 0.471. The van der Waals surface area contributed by atoms with Gasteiger partial charge in [0.15, 0.2) is 0 Å². The molecule has 1 fully saturated rings. The van der Waals surface area contributed by atoms with Crippen LogP contribution in [0.4, 0.5) is 0 Å². The molecular formula is C17H23N3. The third-order valence-corrected chi connectivity index (χ3v) is 4.21. The molecule has 0 spiro atoms. The van der Waals surface area contributed by atoms with Crippen molar-refractivity contribution in [3.05, 3.63) is 41.3 Å². The van der Waals surface area contributed by atoms with Crippen LogP contribution in [0, 0.1) is 12.8 Å². The number of nitrogens with one attached hydrogen (secondary N) is 2. The number of imidazole rings is 1. The van der Waals surface area contributed by atoms with E-state index in [9.17, 15) is 0 Å². The van der Waals surface area contributed by atoms with E-state index < -0.39 is 0 Å². The van der Waals surface area contributed by atoms with Crippen molar-refractivity contribution in [3.8, 4) is 11.3 Å². The van der Waals surface area contributed by atoms with Crippen LogP contribution in [0.15, 0.2) is 24.3 Å². The first-order chi connectivity index (χ1) is 9.76. The Kier molecular flexibility index (Phi) is 3.88. The molecule has 1 unspecified atom stereocenters. The molecule has 3 rings (SSSR count). The molecular weight excluding hydrogens is 246 g/mol. The smallest absolute Gasteiger partial charge is 0.107 e. The van der Waals surface area contributed by atoms with Gasteiger partial charge in [0.25, 0.3) is 0 Å². The summed E-state index contributed by atoms with van der Waals surface area (Å²) in [6, 6.07) is 8.76. The Balaban J connectivity index is 1.80. The molecule has 1 atom stereocenters. The molecule has 0 saturated carbocycles. The van der Waals surface area contributed by atoms with E-state index in [-0.39, 0.29) is 0 Å². The Bertz CT molecular complexity index is 562. The van der Waals surface area contributed by atoms with Gasteiger partial charge in [0.1, 0.15) is 5.82 Å². The summed E-state index contributed by atoms with van der Waals surface area (Å²) in [4.78, 5) is 8.28. The molecule has 3 nitrogen and oxygen atoms in total. The fourth-order valence-electron chi connectivity index (χ4n) is 2.96. The van der Waals surface area contributed by atoms with Gasteiger partial charge < -0.3 is 10.3 Å². The summed E-state index contributed by atoms with van der Waals surface area (Å²) < 4.78 is 0. The maximum absolute atomic E-state index is 4.82. The first kappa shape index (κ1) is 13.4. The molecule has 106 valence electrons. The number of aryl methyl sites for hydroxylation is 2. The molecule has 1 aliphatic rings. The Hall–Kier alpha value is -1.61. The second-order valence-electron chi connectivity index (χ2n) is 5.77. The highest BCUT2D eigenvalue weighted by molar-refractivity contribution is 5.62. The van der Waals surface area contributed by atoms with E-state index in [2.05, 4.69) is 48.4 Å². The Labute approximate surface area is 120 Å². The molecule has 0 bridgehead atoms. The summed E-state index contributed by atoms with van der Waals surface area (Å²) in [5.41, 5.74) is 4.87. The fourth-order valence-corrected chi connectivity index (χ4v) is 2.96. The van der Waals surface area contributed by atoms with Gasteiger partial charge in [-0.25, -0.2) is 4.98 Å². The maximum atomic E-state index is 4.82. The average molecular weight is 269 g/mol. The highest BCUT2D eigenvalue weighted by Gasteiger charge is 2.17. The van der Waals surface area contributed by atoms with Gasteiger partial charge in [0.05, 0.1) is 5.69 Å². The summed E-state index contributed by atoms with van der Waals surface area (Å²) in [7, 11) is 0. The number of aromatic nitrogens is 2. The lowest BCUT2D eigenvalue weighted by molar-refractivity contribution is 0.564. The molecule has 1 saturated heterocycles. The molecule has 0 radical (unpaired) electrons. The van der Waals surface area contributed by atoms with Crippen molar-refractivity contribution in [1.82, 2.24) is 15.3 Å². The van der Waals surface area contributed by atoms with Crippen LogP contribution in [0.5, 0.6) is 0 Å². The predicted octanol–water partition coefficient (Wildman–Crippen LogP) is 3.10. The van der Waals surface area contributed by atoms with Gasteiger partial charge in [-0.15, -0.1) is 0 Å². The Morgan fingerprint density at radius 2 is 2.05 bits per heavy atom. The minimum absolute atomic E-state index is 0.732. The summed E-state index contributed by atoms with van der Waals surface area (Å²) in [5, 5.41) is 3.42. The zero-order valence-electron chi connectivity index (χ0n) is 12.4. The molecule has 1 aromatic heterocycles. The molecule has 1 aromatic carbocycles. The van der Waals surface area contributed by atoms with Crippen LogP contribution in [0.1, 0.15) is 30.4 Å². The minimum Gasteiger partial charge on any atom is -0.346 e. The van der Waals surface area contributed by atoms with Crippen molar-refractivity contribution >= 4 is 0 Å². The van der Waals surface area contributed by atoms with Gasteiger partial charge in [-0.05, 0) is 44.3 Å². The van der Waals surface area contributed by atoms with Crippen molar-refractivity contribution in [2.75, 3.05) is 13.1 Å². The van der Waals surface area contributed by atoms with E-state index in [1.54, 1.807) is 0 Å². The molecule has 1 aliphatic heterocycles. The summed E-state index contributed by atoms with van der Waals surface area (Å²) in [6.45, 7) is 6.57. The number of nitrogens with zero attached hydrogens (tertiary/aromatic N) is 1. The highest BCUT2D eigenvalue weighted by atomic mass is 14.9. The monoisotopic (exact) mass is 269 g/mol. The topological polar surface area (TPSA) is 40.7 Å². The van der Waals surface area contributed by atoms with Crippen molar-refractivity contribution in [1.29, 1.82) is 0 Å². The van der Waals surface area contributed by atoms with Crippen LogP contribution >= 0.6 is 0 Å². The quantitative estimate of drug-likeness (QED) is 0.895. The number of hydrogen-bond donors (Lipinski definition) is 2. The SMILES string of the molecule is CCc1ccc(-c2nc(CC3CCNC3)[nH]c2C)cc1. The zero-order chi connectivity index (χ0) is 13.9. The van der Waals surface area contributed by atoms with Crippen LogP contribution in [0.2, 0.25) is 0 Å². The van der Waals surface area contributed by atoms with Gasteiger partial charge in [-0.2, -0.15) is 0 Å². The average Bonchev–Trinajstić information content (AvgIpc) is 3.09. The van der Waals surface area contributed by atoms with Crippen LogP contribution in [0.25, 0.3) is 11.3 Å². The van der Waals surface area contributed by atoms with Crippen molar-refractivity contribution in [2.45, 2.75) is 33.1 Å². The predicted molar refractivity (Wildman–Crippen MR) is 82.8 cm³/mol. The summed E-state index contributed by atoms with van der Waals surface area (Å²) in [5.74, 6) is 1.86. The first-order valence-electron chi connectivity index (χ1n) is 7.61. The largest absolute Gasteiger partial charge is 0.346 e. The molecule has 2 heterocycles. The number of aromatic amines is 1. The molecule has 3 heteroatoms. The Morgan fingerprint density at radius 1 is 1.25 bits per heavy atom. The van der Waals surface area contributed by atoms with E-state index in [1.165, 1.54) is 23.2 Å². The number of H-pyrrole nitrogens is 1. The maximum Gasteiger partial charge on any atom is 0.107 e. The second kappa shape index (κ2) is 5.80. The molecule has 2 aromatic rings. The van der Waals surface area contributed by atoms with Crippen molar-refractivity contribution in [2.24, 2.45) is 5.92 Å². The van der Waals surface area contributed by atoms with Gasteiger partial charge in [-0.3, -0.25) is 0 Å². The minimum atomic E-state index is 0.732. The molecule has 2 N–H and O–H groups in total. The van der Waals surface area contributed by atoms with Crippen LogP contribution in [-0.2, 0) is 12.8 Å². The molecule has 0 amide bonds. The standard InChI is InChI=1S/C17H23N3/c1-3-13-4-6-15(7-5-13)17-12(2)19-16(20-17)10-14-8-9-18-11-14/h4-7,14,18H,3,8-11H2,1-2H3,(H,19,20). The zero-order valence-corrected chi connectivity index (χ0v) is 12.4. The highest BCUT2D eigenvalue weighted by Crippen LogP contribution is 2.23. The first-order valence-corrected chi connectivity index (χ1v) is 7.61. The lowest BCUT2D eigenvalue weighted by atomic mass is 10.1. The van der Waals surface area contributed by atoms with Gasteiger partial charge in [0, 0.05) is 17.7 Å². The number of rotatable bonds is 4. The van der Waals surface area contributed by atoms with Crippen molar-refractivity contribution in [3.63, 3.8) is 0 Å². The molecule has 20 heavy (non-hydrogen) atoms.